The molecule has 1 aliphatic rings. The maximum Gasteiger partial charge on any atom is 0.303 e. The molecule has 0 radical (unpaired) electrons. The standard InChI is InChI=1S/C30H32O6/c1-22-28(36-23(2)31)30(34-20-26-16-10-5-11-17-26)29(33-19-25-14-8-4-9-15-25)27(35-22)21-32-18-24-12-6-3-7-13-24/h3-17,27-30H,1,18-21H2,2H3/t27-,28+,29-,30-/m1/s1. The van der Waals surface area contributed by atoms with Crippen LogP contribution >= 0.6 is 0 Å². The van der Waals surface area contributed by atoms with Gasteiger partial charge in [0.2, 0.25) is 0 Å². The van der Waals surface area contributed by atoms with E-state index in [1.807, 2.05) is 91.0 Å². The number of rotatable bonds is 11. The van der Waals surface area contributed by atoms with E-state index in [1.54, 1.807) is 0 Å². The van der Waals surface area contributed by atoms with Gasteiger partial charge in [0.25, 0.3) is 0 Å². The van der Waals surface area contributed by atoms with E-state index in [0.717, 1.165) is 16.7 Å². The molecule has 0 spiro atoms. The van der Waals surface area contributed by atoms with Crippen LogP contribution in [-0.4, -0.2) is 37.0 Å². The molecule has 6 nitrogen and oxygen atoms in total. The van der Waals surface area contributed by atoms with Crippen molar-refractivity contribution in [2.24, 2.45) is 0 Å². The monoisotopic (exact) mass is 488 g/mol. The summed E-state index contributed by atoms with van der Waals surface area (Å²) in [5, 5.41) is 0. The van der Waals surface area contributed by atoms with E-state index in [0.29, 0.717) is 25.6 Å². The highest BCUT2D eigenvalue weighted by molar-refractivity contribution is 5.66. The second kappa shape index (κ2) is 13.0. The predicted molar refractivity (Wildman–Crippen MR) is 136 cm³/mol. The minimum atomic E-state index is -0.808. The molecule has 3 aromatic carbocycles. The number of carbonyl (C=O) groups is 1. The van der Waals surface area contributed by atoms with Gasteiger partial charge in [0, 0.05) is 6.92 Å². The van der Waals surface area contributed by atoms with Crippen molar-refractivity contribution in [2.75, 3.05) is 6.61 Å². The zero-order chi connectivity index (χ0) is 25.2. The zero-order valence-corrected chi connectivity index (χ0v) is 20.5. The number of ether oxygens (including phenoxy) is 5. The maximum absolute atomic E-state index is 11.9. The van der Waals surface area contributed by atoms with Gasteiger partial charge >= 0.3 is 5.97 Å². The van der Waals surface area contributed by atoms with Gasteiger partial charge in [0.15, 0.2) is 12.2 Å². The number of carbonyl (C=O) groups excluding carboxylic acids is 1. The fourth-order valence-electron chi connectivity index (χ4n) is 4.12. The van der Waals surface area contributed by atoms with Crippen molar-refractivity contribution in [1.82, 2.24) is 0 Å². The molecule has 0 amide bonds. The Hall–Kier alpha value is -3.45. The molecule has 1 saturated heterocycles. The van der Waals surface area contributed by atoms with Crippen molar-refractivity contribution in [1.29, 1.82) is 0 Å². The summed E-state index contributed by atoms with van der Waals surface area (Å²) in [4.78, 5) is 11.9. The molecular weight excluding hydrogens is 456 g/mol. The highest BCUT2D eigenvalue weighted by Crippen LogP contribution is 2.31. The van der Waals surface area contributed by atoms with Gasteiger partial charge in [-0.15, -0.1) is 0 Å². The van der Waals surface area contributed by atoms with Crippen LogP contribution in [-0.2, 0) is 48.3 Å². The van der Waals surface area contributed by atoms with Gasteiger partial charge in [-0.1, -0.05) is 97.6 Å². The van der Waals surface area contributed by atoms with E-state index in [1.165, 1.54) is 6.92 Å². The highest BCUT2D eigenvalue weighted by atomic mass is 16.6. The molecule has 4 rings (SSSR count). The Morgan fingerprint density at radius 1 is 0.750 bits per heavy atom. The quantitative estimate of drug-likeness (QED) is 0.345. The smallest absolute Gasteiger partial charge is 0.303 e. The Balaban J connectivity index is 1.54. The number of hydrogen-bond acceptors (Lipinski definition) is 6. The SMILES string of the molecule is C=C1O[C@H](COCc2ccccc2)[C@@H](OCc2ccccc2)[C@H](OCc2ccccc2)[C@H]1OC(C)=O. The molecule has 1 heterocycles. The van der Waals surface area contributed by atoms with Crippen LogP contribution in [0.1, 0.15) is 23.6 Å². The minimum absolute atomic E-state index is 0.255. The Morgan fingerprint density at radius 2 is 1.22 bits per heavy atom. The van der Waals surface area contributed by atoms with Crippen LogP contribution in [0.15, 0.2) is 103 Å². The van der Waals surface area contributed by atoms with Gasteiger partial charge in [-0.3, -0.25) is 4.79 Å². The average molecular weight is 489 g/mol. The molecule has 0 aromatic heterocycles. The van der Waals surface area contributed by atoms with Gasteiger partial charge in [0.1, 0.15) is 18.0 Å². The molecule has 36 heavy (non-hydrogen) atoms. The topological polar surface area (TPSA) is 63.2 Å². The van der Waals surface area contributed by atoms with Crippen LogP contribution in [0.4, 0.5) is 0 Å². The second-order valence-corrected chi connectivity index (χ2v) is 8.68. The molecular formula is C30H32O6. The van der Waals surface area contributed by atoms with Crippen LogP contribution in [0.25, 0.3) is 0 Å². The normalized spacial score (nSPS) is 21.5. The molecule has 0 saturated carbocycles. The summed E-state index contributed by atoms with van der Waals surface area (Å²) in [7, 11) is 0. The first kappa shape index (κ1) is 25.6. The van der Waals surface area contributed by atoms with E-state index >= 15 is 0 Å². The molecule has 0 unspecified atom stereocenters. The summed E-state index contributed by atoms with van der Waals surface area (Å²) in [6.45, 7) is 6.74. The molecule has 6 heteroatoms. The Kier molecular flexibility index (Phi) is 9.27. The lowest BCUT2D eigenvalue weighted by atomic mass is 9.97. The van der Waals surface area contributed by atoms with Crippen LogP contribution in [0.3, 0.4) is 0 Å². The molecule has 1 fully saturated rings. The van der Waals surface area contributed by atoms with Crippen molar-refractivity contribution >= 4 is 5.97 Å². The number of hydrogen-bond donors (Lipinski definition) is 0. The van der Waals surface area contributed by atoms with E-state index in [9.17, 15) is 4.79 Å². The van der Waals surface area contributed by atoms with E-state index in [4.69, 9.17) is 23.7 Å². The molecule has 0 aliphatic carbocycles. The summed E-state index contributed by atoms with van der Waals surface area (Å²) >= 11 is 0. The highest BCUT2D eigenvalue weighted by Gasteiger charge is 2.47. The summed E-state index contributed by atoms with van der Waals surface area (Å²) in [6.07, 6.45) is -2.51. The van der Waals surface area contributed by atoms with E-state index in [-0.39, 0.29) is 6.61 Å². The van der Waals surface area contributed by atoms with E-state index < -0.39 is 30.4 Å². The predicted octanol–water partition coefficient (Wildman–Crippen LogP) is 5.22. The second-order valence-electron chi connectivity index (χ2n) is 8.68. The first-order valence-electron chi connectivity index (χ1n) is 12.1. The summed E-state index contributed by atoms with van der Waals surface area (Å²) in [6, 6.07) is 29.6. The molecule has 0 N–H and O–H groups in total. The summed E-state index contributed by atoms with van der Waals surface area (Å²) in [5.74, 6) is -0.130. The van der Waals surface area contributed by atoms with Gasteiger partial charge < -0.3 is 23.7 Å². The van der Waals surface area contributed by atoms with Crippen molar-refractivity contribution in [3.63, 3.8) is 0 Å². The third-order valence-electron chi connectivity index (χ3n) is 5.87. The van der Waals surface area contributed by atoms with Crippen molar-refractivity contribution in [3.05, 3.63) is 120 Å². The third-order valence-corrected chi connectivity index (χ3v) is 5.87. The fraction of sp³-hybridized carbons (Fsp3) is 0.300. The summed E-state index contributed by atoms with van der Waals surface area (Å²) < 4.78 is 30.5. The Morgan fingerprint density at radius 3 is 1.72 bits per heavy atom. The van der Waals surface area contributed by atoms with Crippen molar-refractivity contribution in [3.8, 4) is 0 Å². The Bertz CT molecular complexity index is 1090. The largest absolute Gasteiger partial charge is 0.486 e. The minimum Gasteiger partial charge on any atom is -0.486 e. The molecule has 0 bridgehead atoms. The Labute approximate surface area is 212 Å². The zero-order valence-electron chi connectivity index (χ0n) is 20.5. The summed E-state index contributed by atoms with van der Waals surface area (Å²) in [5.41, 5.74) is 3.06. The van der Waals surface area contributed by atoms with E-state index in [2.05, 4.69) is 6.58 Å². The van der Waals surface area contributed by atoms with Crippen molar-refractivity contribution in [2.45, 2.75) is 51.2 Å². The van der Waals surface area contributed by atoms with Crippen LogP contribution in [0, 0.1) is 0 Å². The molecule has 3 aromatic rings. The van der Waals surface area contributed by atoms with Crippen molar-refractivity contribution < 1.29 is 28.5 Å². The first-order chi connectivity index (χ1) is 17.6. The maximum atomic E-state index is 11.9. The molecule has 188 valence electrons. The van der Waals surface area contributed by atoms with Gasteiger partial charge in [0.05, 0.1) is 26.4 Å². The fourth-order valence-corrected chi connectivity index (χ4v) is 4.12. The molecule has 1 aliphatic heterocycles. The lowest BCUT2D eigenvalue weighted by Gasteiger charge is -2.42. The third kappa shape index (κ3) is 7.28. The van der Waals surface area contributed by atoms with Crippen LogP contribution in [0.5, 0.6) is 0 Å². The number of esters is 1. The lowest BCUT2D eigenvalue weighted by Crippen LogP contribution is -2.56. The van der Waals surface area contributed by atoms with Gasteiger partial charge in [-0.05, 0) is 16.7 Å². The van der Waals surface area contributed by atoms with Crippen LogP contribution in [0.2, 0.25) is 0 Å². The van der Waals surface area contributed by atoms with Crippen LogP contribution < -0.4 is 0 Å². The van der Waals surface area contributed by atoms with Gasteiger partial charge in [-0.25, -0.2) is 0 Å². The average Bonchev–Trinajstić information content (AvgIpc) is 2.90. The first-order valence-corrected chi connectivity index (χ1v) is 12.1. The lowest BCUT2D eigenvalue weighted by molar-refractivity contribution is -0.220. The molecule has 4 atom stereocenters. The van der Waals surface area contributed by atoms with Gasteiger partial charge in [-0.2, -0.15) is 0 Å². The number of benzene rings is 3.